The van der Waals surface area contributed by atoms with E-state index in [1.165, 1.54) is 6.92 Å². The molecule has 122 valence electrons. The number of furan rings is 1. The summed E-state index contributed by atoms with van der Waals surface area (Å²) in [4.78, 5) is 25.1. The Morgan fingerprint density at radius 2 is 2.35 bits per heavy atom. The van der Waals surface area contributed by atoms with Crippen LogP contribution in [0.5, 0.6) is 0 Å². The van der Waals surface area contributed by atoms with Crippen LogP contribution in [-0.2, 0) is 0 Å². The minimum absolute atomic E-state index is 0.140. The average Bonchev–Trinajstić information content (AvgIpc) is 3.15. The molecule has 1 amide bonds. The van der Waals surface area contributed by atoms with Crippen molar-refractivity contribution in [3.8, 4) is 0 Å². The minimum atomic E-state index is -0.569. The van der Waals surface area contributed by atoms with Gasteiger partial charge in [0, 0.05) is 6.54 Å². The Morgan fingerprint density at radius 1 is 1.57 bits per heavy atom. The third kappa shape index (κ3) is 2.71. The Labute approximate surface area is 132 Å². The van der Waals surface area contributed by atoms with Gasteiger partial charge in [0.15, 0.2) is 0 Å². The van der Waals surface area contributed by atoms with Crippen molar-refractivity contribution in [1.82, 2.24) is 15.1 Å². The zero-order valence-electron chi connectivity index (χ0n) is 13.0. The number of carbonyl (C=O) groups excluding carboxylic acids is 1. The molecule has 0 aliphatic carbocycles. The van der Waals surface area contributed by atoms with Crippen LogP contribution in [0, 0.1) is 23.0 Å². The Kier molecular flexibility index (Phi) is 3.89. The summed E-state index contributed by atoms with van der Waals surface area (Å²) in [5.74, 6) is 0.708. The number of nitro groups is 1. The van der Waals surface area contributed by atoms with Crippen LogP contribution >= 0.6 is 0 Å². The molecule has 0 spiro atoms. The number of likely N-dealkylation sites (tertiary alicyclic amines) is 1. The molecule has 1 saturated heterocycles. The van der Waals surface area contributed by atoms with E-state index >= 15 is 0 Å². The van der Waals surface area contributed by atoms with E-state index in [9.17, 15) is 14.9 Å². The first-order valence-corrected chi connectivity index (χ1v) is 7.52. The number of amides is 1. The van der Waals surface area contributed by atoms with Gasteiger partial charge in [0.25, 0.3) is 5.91 Å². The second kappa shape index (κ2) is 5.86. The predicted molar refractivity (Wildman–Crippen MR) is 80.9 cm³/mol. The Bertz CT molecular complexity index is 722. The topological polar surface area (TPSA) is 105 Å². The largest absolute Gasteiger partial charge is 0.467 e. The van der Waals surface area contributed by atoms with Crippen LogP contribution in [0.25, 0.3) is 0 Å². The summed E-state index contributed by atoms with van der Waals surface area (Å²) >= 11 is 0. The Balaban J connectivity index is 1.95. The number of aryl methyl sites for hydroxylation is 1. The van der Waals surface area contributed by atoms with Gasteiger partial charge in [-0.1, -0.05) is 6.92 Å². The maximum Gasteiger partial charge on any atom is 0.322 e. The fourth-order valence-electron chi connectivity index (χ4n) is 3.07. The van der Waals surface area contributed by atoms with Crippen molar-refractivity contribution in [1.29, 1.82) is 0 Å². The second-order valence-corrected chi connectivity index (χ2v) is 5.96. The molecule has 2 atom stereocenters. The van der Waals surface area contributed by atoms with Crippen molar-refractivity contribution in [2.45, 2.75) is 32.7 Å². The smallest absolute Gasteiger partial charge is 0.322 e. The molecule has 0 bridgehead atoms. The molecule has 1 N–H and O–H groups in total. The summed E-state index contributed by atoms with van der Waals surface area (Å²) < 4.78 is 5.46. The molecular weight excluding hydrogens is 300 g/mol. The van der Waals surface area contributed by atoms with Crippen LogP contribution in [0.1, 0.15) is 47.7 Å². The lowest BCUT2D eigenvalue weighted by molar-refractivity contribution is -0.385. The predicted octanol–water partition coefficient (Wildman–Crippen LogP) is 2.83. The molecule has 3 heterocycles. The van der Waals surface area contributed by atoms with Crippen LogP contribution in [0.2, 0.25) is 0 Å². The SMILES string of the molecule is Cc1[nH]nc(C(=O)N2CC[C@H](C)C[C@@H]2c2ccco2)c1[N+](=O)[O-]. The third-order valence-electron chi connectivity index (χ3n) is 4.30. The molecule has 8 heteroatoms. The molecule has 2 aromatic heterocycles. The summed E-state index contributed by atoms with van der Waals surface area (Å²) in [6.07, 6.45) is 3.18. The number of nitrogens with one attached hydrogen (secondary N) is 1. The molecule has 0 radical (unpaired) electrons. The van der Waals surface area contributed by atoms with Crippen molar-refractivity contribution in [3.63, 3.8) is 0 Å². The molecule has 0 saturated carbocycles. The number of rotatable bonds is 3. The maximum absolute atomic E-state index is 12.8. The highest BCUT2D eigenvalue weighted by Crippen LogP contribution is 2.36. The zero-order chi connectivity index (χ0) is 16.6. The van der Waals surface area contributed by atoms with Gasteiger partial charge >= 0.3 is 5.69 Å². The summed E-state index contributed by atoms with van der Waals surface area (Å²) in [6, 6.07) is 3.38. The first-order valence-electron chi connectivity index (χ1n) is 7.52. The van der Waals surface area contributed by atoms with Gasteiger partial charge in [-0.3, -0.25) is 20.0 Å². The number of piperidine rings is 1. The summed E-state index contributed by atoms with van der Waals surface area (Å²) in [5.41, 5.74) is -0.122. The molecule has 0 unspecified atom stereocenters. The Morgan fingerprint density at radius 3 is 3.00 bits per heavy atom. The lowest BCUT2D eigenvalue weighted by atomic mass is 9.90. The van der Waals surface area contributed by atoms with Crippen LogP contribution in [-0.4, -0.2) is 32.5 Å². The lowest BCUT2D eigenvalue weighted by Crippen LogP contribution is -2.40. The molecule has 1 aliphatic heterocycles. The van der Waals surface area contributed by atoms with Crippen molar-refractivity contribution >= 4 is 11.6 Å². The van der Waals surface area contributed by atoms with Crippen molar-refractivity contribution < 1.29 is 14.1 Å². The number of hydrogen-bond acceptors (Lipinski definition) is 5. The molecule has 0 aromatic carbocycles. The van der Waals surface area contributed by atoms with E-state index in [1.807, 2.05) is 6.07 Å². The van der Waals surface area contributed by atoms with E-state index in [1.54, 1.807) is 17.2 Å². The normalized spacial score (nSPS) is 21.4. The third-order valence-corrected chi connectivity index (χ3v) is 4.30. The molecule has 8 nitrogen and oxygen atoms in total. The van der Waals surface area contributed by atoms with E-state index in [-0.39, 0.29) is 23.1 Å². The summed E-state index contributed by atoms with van der Waals surface area (Å²) in [7, 11) is 0. The van der Waals surface area contributed by atoms with Gasteiger partial charge in [0.05, 0.1) is 17.2 Å². The van der Waals surface area contributed by atoms with Crippen molar-refractivity contribution in [2.75, 3.05) is 6.54 Å². The molecule has 1 fully saturated rings. The van der Waals surface area contributed by atoms with Gasteiger partial charge in [-0.2, -0.15) is 5.10 Å². The fourth-order valence-corrected chi connectivity index (χ4v) is 3.07. The number of nitrogens with zero attached hydrogens (tertiary/aromatic N) is 3. The number of carbonyl (C=O) groups is 1. The maximum atomic E-state index is 12.8. The van der Waals surface area contributed by atoms with Crippen molar-refractivity contribution in [3.05, 3.63) is 45.7 Å². The van der Waals surface area contributed by atoms with Crippen LogP contribution in [0.15, 0.2) is 22.8 Å². The standard InChI is InChI=1S/C15H18N4O4/c1-9-5-6-18(11(8-9)12-4-3-7-23-12)15(20)13-14(19(21)22)10(2)16-17-13/h3-4,7,9,11H,5-6,8H2,1-2H3,(H,16,17)/t9-,11+/m0/s1. The van der Waals surface area contributed by atoms with Crippen LogP contribution < -0.4 is 0 Å². The van der Waals surface area contributed by atoms with Gasteiger partial charge < -0.3 is 9.32 Å². The van der Waals surface area contributed by atoms with E-state index in [4.69, 9.17) is 4.42 Å². The Hall–Kier alpha value is -2.64. The van der Waals surface area contributed by atoms with Gasteiger partial charge in [0.2, 0.25) is 5.69 Å². The number of aromatic nitrogens is 2. The number of hydrogen-bond donors (Lipinski definition) is 1. The lowest BCUT2D eigenvalue weighted by Gasteiger charge is -2.36. The zero-order valence-corrected chi connectivity index (χ0v) is 13.0. The van der Waals surface area contributed by atoms with Gasteiger partial charge in [-0.25, -0.2) is 0 Å². The quantitative estimate of drug-likeness (QED) is 0.692. The number of aromatic amines is 1. The summed E-state index contributed by atoms with van der Waals surface area (Å²) in [6.45, 7) is 4.18. The highest BCUT2D eigenvalue weighted by Gasteiger charge is 2.37. The molecule has 2 aromatic rings. The van der Waals surface area contributed by atoms with E-state index in [2.05, 4.69) is 17.1 Å². The van der Waals surface area contributed by atoms with E-state index in [0.717, 1.165) is 12.8 Å². The first-order chi connectivity index (χ1) is 11.0. The second-order valence-electron chi connectivity index (χ2n) is 5.96. The highest BCUT2D eigenvalue weighted by molar-refractivity contribution is 5.96. The van der Waals surface area contributed by atoms with E-state index < -0.39 is 10.8 Å². The van der Waals surface area contributed by atoms with Gasteiger partial charge in [-0.05, 0) is 37.8 Å². The van der Waals surface area contributed by atoms with Crippen molar-refractivity contribution in [2.24, 2.45) is 5.92 Å². The average molecular weight is 318 g/mol. The minimum Gasteiger partial charge on any atom is -0.467 e. The number of H-pyrrole nitrogens is 1. The van der Waals surface area contributed by atoms with Crippen LogP contribution in [0.4, 0.5) is 5.69 Å². The fraction of sp³-hybridized carbons (Fsp3) is 0.467. The van der Waals surface area contributed by atoms with E-state index in [0.29, 0.717) is 18.2 Å². The summed E-state index contributed by atoms with van der Waals surface area (Å²) in [5, 5.41) is 17.6. The van der Waals surface area contributed by atoms with Gasteiger partial charge in [0.1, 0.15) is 11.5 Å². The highest BCUT2D eigenvalue weighted by atomic mass is 16.6. The van der Waals surface area contributed by atoms with Crippen LogP contribution in [0.3, 0.4) is 0 Å². The molecule has 3 rings (SSSR count). The monoisotopic (exact) mass is 318 g/mol. The molecular formula is C15H18N4O4. The first kappa shape index (κ1) is 15.3. The molecule has 1 aliphatic rings. The molecule has 23 heavy (non-hydrogen) atoms. The van der Waals surface area contributed by atoms with Gasteiger partial charge in [-0.15, -0.1) is 0 Å².